The molecule has 5 heteroatoms. The summed E-state index contributed by atoms with van der Waals surface area (Å²) in [4.78, 5) is 0. The number of hydrogen-bond acceptors (Lipinski definition) is 2. The summed E-state index contributed by atoms with van der Waals surface area (Å²) in [5, 5.41) is 8.29. The normalized spacial score (nSPS) is 25.2. The second-order valence-corrected chi connectivity index (χ2v) is 6.73. The minimum atomic E-state index is -0.614. The maximum Gasteiger partial charge on any atom is 0.202 e. The van der Waals surface area contributed by atoms with Crippen molar-refractivity contribution < 1.29 is 9.13 Å². The van der Waals surface area contributed by atoms with Gasteiger partial charge in [-0.2, -0.15) is 0 Å². The lowest BCUT2D eigenvalue weighted by atomic mass is 9.96. The molecule has 1 aromatic heterocycles. The zero-order valence-corrected chi connectivity index (χ0v) is 13.6. The highest BCUT2D eigenvalue weighted by Gasteiger charge is 2.21. The molecule has 1 aromatic rings. The molecule has 2 aliphatic carbocycles. The zero-order chi connectivity index (χ0) is 15.5. The summed E-state index contributed by atoms with van der Waals surface area (Å²) in [6.07, 6.45) is 8.28. The van der Waals surface area contributed by atoms with Crippen LogP contribution in [0.4, 0.5) is 4.39 Å². The Morgan fingerprint density at radius 3 is 2.55 bits per heavy atom. The lowest BCUT2D eigenvalue weighted by Gasteiger charge is -2.24. The van der Waals surface area contributed by atoms with Crippen LogP contribution < -0.4 is 5.62 Å². The van der Waals surface area contributed by atoms with Crippen LogP contribution in [0.15, 0.2) is 0 Å². The predicted molar refractivity (Wildman–Crippen MR) is 83.6 cm³/mol. The summed E-state index contributed by atoms with van der Waals surface area (Å²) in [6.45, 7) is 1.58. The standard InChI is InChI=1S/C17H28FN3O/c1-20-15-5-2-3-6-16(15)21(17(20)19)11-4-12-22-14-9-7-13(18)8-10-14/h13-14,19H,2-12H2,1H3. The van der Waals surface area contributed by atoms with Gasteiger partial charge in [0, 0.05) is 31.6 Å². The van der Waals surface area contributed by atoms with Crippen LogP contribution >= 0.6 is 0 Å². The van der Waals surface area contributed by atoms with E-state index in [4.69, 9.17) is 10.1 Å². The topological polar surface area (TPSA) is 42.9 Å². The van der Waals surface area contributed by atoms with Crippen molar-refractivity contribution in [3.8, 4) is 0 Å². The van der Waals surface area contributed by atoms with E-state index >= 15 is 0 Å². The summed E-state index contributed by atoms with van der Waals surface area (Å²) in [7, 11) is 2.01. The number of nitrogens with one attached hydrogen (secondary N) is 1. The van der Waals surface area contributed by atoms with E-state index in [0.29, 0.717) is 18.5 Å². The molecule has 0 spiro atoms. The highest BCUT2D eigenvalue weighted by Crippen LogP contribution is 2.23. The molecule has 0 bridgehead atoms. The highest BCUT2D eigenvalue weighted by molar-refractivity contribution is 5.17. The van der Waals surface area contributed by atoms with Crippen LogP contribution in [0.5, 0.6) is 0 Å². The molecule has 3 rings (SSSR count). The first-order chi connectivity index (χ1) is 10.7. The van der Waals surface area contributed by atoms with Crippen molar-refractivity contribution in [1.29, 1.82) is 5.41 Å². The Morgan fingerprint density at radius 1 is 1.14 bits per heavy atom. The number of nitrogens with zero attached hydrogens (tertiary/aromatic N) is 2. The van der Waals surface area contributed by atoms with Gasteiger partial charge in [0.25, 0.3) is 0 Å². The van der Waals surface area contributed by atoms with Crippen LogP contribution in [0.25, 0.3) is 0 Å². The van der Waals surface area contributed by atoms with Crippen LogP contribution in [0.2, 0.25) is 0 Å². The summed E-state index contributed by atoms with van der Waals surface area (Å²) in [6, 6.07) is 0. The molecule has 0 unspecified atom stereocenters. The molecule has 124 valence electrons. The molecule has 22 heavy (non-hydrogen) atoms. The first kappa shape index (κ1) is 15.8. The summed E-state index contributed by atoms with van der Waals surface area (Å²) >= 11 is 0. The monoisotopic (exact) mass is 309 g/mol. The maximum atomic E-state index is 13.1. The lowest BCUT2D eigenvalue weighted by molar-refractivity contribution is 0.0107. The van der Waals surface area contributed by atoms with Gasteiger partial charge in [0.1, 0.15) is 6.17 Å². The lowest BCUT2D eigenvalue weighted by Crippen LogP contribution is -2.26. The first-order valence-electron chi connectivity index (χ1n) is 8.74. The Labute approximate surface area is 131 Å². The van der Waals surface area contributed by atoms with E-state index in [1.807, 2.05) is 11.6 Å². The molecule has 2 aliphatic rings. The van der Waals surface area contributed by atoms with E-state index in [9.17, 15) is 4.39 Å². The van der Waals surface area contributed by atoms with Crippen LogP contribution in [-0.2, 0) is 31.2 Å². The Bertz CT molecular complexity index is 555. The molecule has 0 aromatic carbocycles. The SMILES string of the molecule is Cn1c2c(n(CCCOC3CCC(F)CC3)c1=N)CCCC2. The number of rotatable bonds is 5. The number of aromatic nitrogens is 2. The predicted octanol–water partition coefficient (Wildman–Crippen LogP) is 2.87. The van der Waals surface area contributed by atoms with Gasteiger partial charge >= 0.3 is 0 Å². The molecule has 0 atom stereocenters. The van der Waals surface area contributed by atoms with Crippen molar-refractivity contribution in [3.63, 3.8) is 0 Å². The van der Waals surface area contributed by atoms with Crippen LogP contribution in [0, 0.1) is 5.41 Å². The van der Waals surface area contributed by atoms with Crippen LogP contribution in [-0.4, -0.2) is 28.0 Å². The van der Waals surface area contributed by atoms with Gasteiger partial charge in [-0.25, -0.2) is 4.39 Å². The number of imidazole rings is 1. The Morgan fingerprint density at radius 2 is 1.82 bits per heavy atom. The molecule has 0 aliphatic heterocycles. The Hall–Kier alpha value is -1.10. The highest BCUT2D eigenvalue weighted by atomic mass is 19.1. The minimum absolute atomic E-state index is 0.247. The summed E-state index contributed by atoms with van der Waals surface area (Å²) in [5.41, 5.74) is 3.32. The van der Waals surface area contributed by atoms with Crippen molar-refractivity contribution in [3.05, 3.63) is 17.0 Å². The molecule has 1 saturated carbocycles. The molecule has 1 fully saturated rings. The molecular formula is C17H28FN3O. The zero-order valence-electron chi connectivity index (χ0n) is 13.6. The molecular weight excluding hydrogens is 281 g/mol. The average molecular weight is 309 g/mol. The van der Waals surface area contributed by atoms with Gasteiger partial charge in [0.15, 0.2) is 0 Å². The van der Waals surface area contributed by atoms with Crippen molar-refractivity contribution >= 4 is 0 Å². The summed E-state index contributed by atoms with van der Waals surface area (Å²) < 4.78 is 23.2. The molecule has 4 nitrogen and oxygen atoms in total. The van der Waals surface area contributed by atoms with Gasteiger partial charge in [-0.3, -0.25) is 5.41 Å². The molecule has 0 radical (unpaired) electrons. The summed E-state index contributed by atoms with van der Waals surface area (Å²) in [5.74, 6) is 0. The van der Waals surface area contributed by atoms with E-state index < -0.39 is 6.17 Å². The second-order valence-electron chi connectivity index (χ2n) is 6.73. The quantitative estimate of drug-likeness (QED) is 0.835. The maximum absolute atomic E-state index is 13.1. The third-order valence-corrected chi connectivity index (χ3v) is 5.20. The minimum Gasteiger partial charge on any atom is -0.378 e. The van der Waals surface area contributed by atoms with Gasteiger partial charge in [-0.1, -0.05) is 0 Å². The van der Waals surface area contributed by atoms with E-state index in [1.54, 1.807) is 0 Å². The van der Waals surface area contributed by atoms with Crippen LogP contribution in [0.1, 0.15) is 56.3 Å². The van der Waals surface area contributed by atoms with E-state index in [-0.39, 0.29) is 6.10 Å². The number of alkyl halides is 1. The van der Waals surface area contributed by atoms with Gasteiger partial charge in [-0.15, -0.1) is 0 Å². The third kappa shape index (κ3) is 3.29. The fraction of sp³-hybridized carbons (Fsp3) is 0.824. The number of ether oxygens (including phenoxy) is 1. The van der Waals surface area contributed by atoms with Crippen LogP contribution in [0.3, 0.4) is 0 Å². The van der Waals surface area contributed by atoms with E-state index in [2.05, 4.69) is 4.57 Å². The van der Waals surface area contributed by atoms with E-state index in [1.165, 1.54) is 24.2 Å². The van der Waals surface area contributed by atoms with Gasteiger partial charge in [-0.05, 0) is 57.8 Å². The Balaban J connectivity index is 1.51. The fourth-order valence-corrected chi connectivity index (χ4v) is 3.86. The van der Waals surface area contributed by atoms with E-state index in [0.717, 1.165) is 45.3 Å². The van der Waals surface area contributed by atoms with Crippen molar-refractivity contribution in [2.24, 2.45) is 7.05 Å². The Kier molecular flexibility index (Phi) is 5.01. The van der Waals surface area contributed by atoms with Crippen molar-refractivity contribution in [2.45, 2.75) is 76.6 Å². The largest absolute Gasteiger partial charge is 0.378 e. The fourth-order valence-electron chi connectivity index (χ4n) is 3.86. The number of hydrogen-bond donors (Lipinski definition) is 1. The molecule has 0 saturated heterocycles. The third-order valence-electron chi connectivity index (χ3n) is 5.20. The molecule has 1 N–H and O–H groups in total. The second kappa shape index (κ2) is 6.99. The van der Waals surface area contributed by atoms with Gasteiger partial charge in [0.05, 0.1) is 6.10 Å². The van der Waals surface area contributed by atoms with Crippen molar-refractivity contribution in [2.75, 3.05) is 6.61 Å². The number of halogens is 1. The van der Waals surface area contributed by atoms with Crippen molar-refractivity contribution in [1.82, 2.24) is 9.13 Å². The van der Waals surface area contributed by atoms with Gasteiger partial charge < -0.3 is 13.9 Å². The first-order valence-corrected chi connectivity index (χ1v) is 8.74. The van der Waals surface area contributed by atoms with Gasteiger partial charge in [0.2, 0.25) is 5.62 Å². The molecule has 0 amide bonds. The smallest absolute Gasteiger partial charge is 0.202 e. The number of fused-ring (bicyclic) bond motifs is 1. The average Bonchev–Trinajstić information content (AvgIpc) is 2.78. The molecule has 1 heterocycles.